The Labute approximate surface area is 99.8 Å². The van der Waals surface area contributed by atoms with Crippen molar-refractivity contribution in [1.82, 2.24) is 9.78 Å². The molecule has 2 rings (SSSR count). The second-order valence-corrected chi connectivity index (χ2v) is 4.08. The number of carbonyl (C=O) groups is 1. The van der Waals surface area contributed by atoms with Crippen molar-refractivity contribution in [2.75, 3.05) is 0 Å². The van der Waals surface area contributed by atoms with Gasteiger partial charge in [-0.3, -0.25) is 4.79 Å². The summed E-state index contributed by atoms with van der Waals surface area (Å²) >= 11 is 9.08. The summed E-state index contributed by atoms with van der Waals surface area (Å²) in [4.78, 5) is 10.6. The van der Waals surface area contributed by atoms with E-state index >= 15 is 0 Å². The van der Waals surface area contributed by atoms with E-state index in [0.717, 1.165) is 12.0 Å². The zero-order valence-corrected chi connectivity index (χ0v) is 9.86. The number of halogens is 2. The lowest BCUT2D eigenvalue weighted by molar-refractivity contribution is 0.112. The first-order valence-electron chi connectivity index (χ1n) is 4.17. The number of benzene rings is 1. The molecule has 0 aliphatic rings. The van der Waals surface area contributed by atoms with Crippen LogP contribution in [0.4, 0.5) is 0 Å². The van der Waals surface area contributed by atoms with Crippen LogP contribution < -0.4 is 0 Å². The first-order chi connectivity index (χ1) is 7.22. The smallest absolute Gasteiger partial charge is 0.154 e. The largest absolute Gasteiger partial charge is 0.298 e. The second kappa shape index (κ2) is 4.16. The minimum absolute atomic E-state index is 0.518. The van der Waals surface area contributed by atoms with E-state index in [4.69, 9.17) is 11.6 Å². The number of aromatic nitrogens is 2. The van der Waals surface area contributed by atoms with Crippen molar-refractivity contribution >= 4 is 33.8 Å². The van der Waals surface area contributed by atoms with Crippen molar-refractivity contribution in [3.05, 3.63) is 45.7 Å². The standard InChI is InChI=1S/C10H6BrClN2O/c11-10-7(6-15)5-13-14(10)9-3-1-8(12)2-4-9/h1-6H. The molecule has 0 aliphatic carbocycles. The molecule has 0 saturated heterocycles. The maximum absolute atomic E-state index is 10.6. The Kier molecular flexibility index (Phi) is 2.88. The molecule has 0 N–H and O–H groups in total. The monoisotopic (exact) mass is 284 g/mol. The van der Waals surface area contributed by atoms with Crippen LogP contribution in [0.25, 0.3) is 5.69 Å². The van der Waals surface area contributed by atoms with Crippen molar-refractivity contribution in [3.63, 3.8) is 0 Å². The van der Waals surface area contributed by atoms with Crippen LogP contribution in [0.2, 0.25) is 5.02 Å². The number of nitrogens with zero attached hydrogens (tertiary/aromatic N) is 2. The summed E-state index contributed by atoms with van der Waals surface area (Å²) in [6, 6.07) is 7.19. The molecule has 0 unspecified atom stereocenters. The summed E-state index contributed by atoms with van der Waals surface area (Å²) in [5.74, 6) is 0. The summed E-state index contributed by atoms with van der Waals surface area (Å²) in [5.41, 5.74) is 1.37. The lowest BCUT2D eigenvalue weighted by Crippen LogP contribution is -1.96. The summed E-state index contributed by atoms with van der Waals surface area (Å²) < 4.78 is 2.26. The first kappa shape index (κ1) is 10.4. The van der Waals surface area contributed by atoms with Gasteiger partial charge in [-0.25, -0.2) is 4.68 Å². The van der Waals surface area contributed by atoms with Crippen molar-refractivity contribution in [3.8, 4) is 5.69 Å². The van der Waals surface area contributed by atoms with Gasteiger partial charge in [0.1, 0.15) is 4.60 Å². The fraction of sp³-hybridized carbons (Fsp3) is 0. The van der Waals surface area contributed by atoms with E-state index < -0.39 is 0 Å². The minimum atomic E-state index is 0.518. The average Bonchev–Trinajstić information content (AvgIpc) is 2.61. The van der Waals surface area contributed by atoms with Gasteiger partial charge < -0.3 is 0 Å². The van der Waals surface area contributed by atoms with Gasteiger partial charge >= 0.3 is 0 Å². The molecule has 1 heterocycles. The molecule has 76 valence electrons. The van der Waals surface area contributed by atoms with Gasteiger partial charge in [0.2, 0.25) is 0 Å². The fourth-order valence-corrected chi connectivity index (χ4v) is 1.81. The van der Waals surface area contributed by atoms with Crippen LogP contribution in [0.1, 0.15) is 10.4 Å². The number of aldehydes is 1. The average molecular weight is 286 g/mol. The van der Waals surface area contributed by atoms with Crippen LogP contribution in [0.15, 0.2) is 35.1 Å². The Morgan fingerprint density at radius 1 is 1.33 bits per heavy atom. The second-order valence-electron chi connectivity index (χ2n) is 2.90. The number of rotatable bonds is 2. The van der Waals surface area contributed by atoms with Gasteiger partial charge in [-0.1, -0.05) is 11.6 Å². The first-order valence-corrected chi connectivity index (χ1v) is 5.34. The summed E-state index contributed by atoms with van der Waals surface area (Å²) in [6.45, 7) is 0. The Bertz CT molecular complexity index is 493. The van der Waals surface area contributed by atoms with Gasteiger partial charge in [0.25, 0.3) is 0 Å². The zero-order valence-electron chi connectivity index (χ0n) is 7.52. The van der Waals surface area contributed by atoms with E-state index in [1.165, 1.54) is 6.20 Å². The summed E-state index contributed by atoms with van der Waals surface area (Å²) in [5, 5.41) is 4.75. The van der Waals surface area contributed by atoms with Crippen molar-refractivity contribution in [1.29, 1.82) is 0 Å². The Hall–Kier alpha value is -1.13. The SMILES string of the molecule is O=Cc1cnn(-c2ccc(Cl)cc2)c1Br. The molecule has 0 bridgehead atoms. The highest BCUT2D eigenvalue weighted by Gasteiger charge is 2.08. The molecule has 1 aromatic heterocycles. The number of carbonyl (C=O) groups excluding carboxylic acids is 1. The normalized spacial score (nSPS) is 10.3. The third kappa shape index (κ3) is 1.96. The molecular weight excluding hydrogens is 279 g/mol. The molecule has 0 amide bonds. The predicted molar refractivity (Wildman–Crippen MR) is 61.7 cm³/mol. The highest BCUT2D eigenvalue weighted by molar-refractivity contribution is 9.10. The van der Waals surface area contributed by atoms with Crippen LogP contribution in [0.3, 0.4) is 0 Å². The topological polar surface area (TPSA) is 34.9 Å². The molecule has 0 spiro atoms. The molecular formula is C10H6BrClN2O. The molecule has 0 radical (unpaired) electrons. The summed E-state index contributed by atoms with van der Waals surface area (Å²) in [7, 11) is 0. The highest BCUT2D eigenvalue weighted by Crippen LogP contribution is 2.20. The van der Waals surface area contributed by atoms with E-state index in [1.54, 1.807) is 16.8 Å². The number of hydrogen-bond donors (Lipinski definition) is 0. The van der Waals surface area contributed by atoms with Crippen molar-refractivity contribution in [2.45, 2.75) is 0 Å². The predicted octanol–water partition coefficient (Wildman–Crippen LogP) is 3.10. The molecule has 0 fully saturated rings. The molecule has 2 aromatic rings. The Morgan fingerprint density at radius 3 is 2.53 bits per heavy atom. The van der Waals surface area contributed by atoms with Crippen molar-refractivity contribution in [2.24, 2.45) is 0 Å². The van der Waals surface area contributed by atoms with Gasteiger partial charge in [0, 0.05) is 5.02 Å². The van der Waals surface area contributed by atoms with Gasteiger partial charge in [0.05, 0.1) is 17.4 Å². The molecule has 0 atom stereocenters. The molecule has 5 heteroatoms. The maximum atomic E-state index is 10.6. The van der Waals surface area contributed by atoms with Gasteiger partial charge in [-0.05, 0) is 40.2 Å². The molecule has 0 aliphatic heterocycles. The van der Waals surface area contributed by atoms with Gasteiger partial charge in [-0.2, -0.15) is 5.10 Å². The van der Waals surface area contributed by atoms with E-state index in [1.807, 2.05) is 12.1 Å². The highest BCUT2D eigenvalue weighted by atomic mass is 79.9. The van der Waals surface area contributed by atoms with Gasteiger partial charge in [0.15, 0.2) is 6.29 Å². The zero-order chi connectivity index (χ0) is 10.8. The lowest BCUT2D eigenvalue weighted by Gasteiger charge is -2.02. The van der Waals surface area contributed by atoms with Crippen LogP contribution in [-0.2, 0) is 0 Å². The Morgan fingerprint density at radius 2 is 2.00 bits per heavy atom. The Balaban J connectivity index is 2.49. The van der Waals surface area contributed by atoms with E-state index in [2.05, 4.69) is 21.0 Å². The van der Waals surface area contributed by atoms with Gasteiger partial charge in [-0.15, -0.1) is 0 Å². The van der Waals surface area contributed by atoms with E-state index in [-0.39, 0.29) is 0 Å². The van der Waals surface area contributed by atoms with Crippen LogP contribution in [0.5, 0.6) is 0 Å². The third-order valence-corrected chi connectivity index (χ3v) is 2.98. The molecule has 1 aromatic carbocycles. The van der Waals surface area contributed by atoms with Crippen LogP contribution in [0, 0.1) is 0 Å². The minimum Gasteiger partial charge on any atom is -0.298 e. The quantitative estimate of drug-likeness (QED) is 0.795. The van der Waals surface area contributed by atoms with E-state index in [0.29, 0.717) is 15.2 Å². The van der Waals surface area contributed by atoms with Crippen LogP contribution >= 0.6 is 27.5 Å². The lowest BCUT2D eigenvalue weighted by atomic mass is 10.3. The van der Waals surface area contributed by atoms with Crippen molar-refractivity contribution < 1.29 is 4.79 Å². The fourth-order valence-electron chi connectivity index (χ4n) is 1.19. The molecule has 3 nitrogen and oxygen atoms in total. The third-order valence-electron chi connectivity index (χ3n) is 1.93. The van der Waals surface area contributed by atoms with Crippen LogP contribution in [-0.4, -0.2) is 16.1 Å². The molecule has 0 saturated carbocycles. The molecule has 15 heavy (non-hydrogen) atoms. The maximum Gasteiger partial charge on any atom is 0.154 e. The summed E-state index contributed by atoms with van der Waals surface area (Å²) in [6.07, 6.45) is 2.26. The number of hydrogen-bond acceptors (Lipinski definition) is 2. The van der Waals surface area contributed by atoms with E-state index in [9.17, 15) is 4.79 Å².